The van der Waals surface area contributed by atoms with Crippen molar-refractivity contribution in [2.75, 3.05) is 32.7 Å². The Hall–Kier alpha value is -2.77. The number of carbonyl (C=O) groups is 1. The van der Waals surface area contributed by atoms with Gasteiger partial charge in [-0.15, -0.1) is 0 Å². The molecule has 0 aromatic heterocycles. The normalized spacial score (nSPS) is 15.3. The fraction of sp³-hybridized carbons (Fsp3) is 0.435. The molecule has 1 unspecified atom stereocenters. The summed E-state index contributed by atoms with van der Waals surface area (Å²) in [7, 11) is 3.20. The number of benzene rings is 2. The summed E-state index contributed by atoms with van der Waals surface area (Å²) in [6.07, 6.45) is -0.675. The van der Waals surface area contributed by atoms with Gasteiger partial charge in [-0.05, 0) is 61.7 Å². The maximum atomic E-state index is 12.2. The quantitative estimate of drug-likeness (QED) is 0.585. The van der Waals surface area contributed by atoms with E-state index in [9.17, 15) is 9.90 Å². The number of hydrogen-bond acceptors (Lipinski definition) is 6. The zero-order chi connectivity index (χ0) is 21.9. The number of aliphatic hydroxyl groups excluding tert-OH is 1. The first-order chi connectivity index (χ1) is 14.3. The molecule has 0 saturated carbocycles. The zero-order valence-corrected chi connectivity index (χ0v) is 18.2. The highest BCUT2D eigenvalue weighted by Crippen LogP contribution is 2.41. The number of fused-ring (bicyclic) bond motifs is 1. The highest BCUT2D eigenvalue weighted by molar-refractivity contribution is 6.06. The van der Waals surface area contributed by atoms with Crippen LogP contribution in [0.3, 0.4) is 0 Å². The van der Waals surface area contributed by atoms with Crippen molar-refractivity contribution in [2.24, 2.45) is 0 Å². The minimum Gasteiger partial charge on any atom is -0.493 e. The van der Waals surface area contributed by atoms with Crippen LogP contribution in [0.2, 0.25) is 0 Å². The van der Waals surface area contributed by atoms with Crippen LogP contribution in [0.4, 0.5) is 5.69 Å². The smallest absolute Gasteiger partial charge is 0.234 e. The molecule has 1 amide bonds. The highest BCUT2D eigenvalue weighted by Gasteiger charge is 2.39. The van der Waals surface area contributed by atoms with E-state index in [1.54, 1.807) is 14.2 Å². The largest absolute Gasteiger partial charge is 0.493 e. The van der Waals surface area contributed by atoms with Crippen LogP contribution in [-0.4, -0.2) is 44.5 Å². The van der Waals surface area contributed by atoms with Crippen LogP contribution >= 0.6 is 0 Å². The van der Waals surface area contributed by atoms with E-state index in [0.717, 1.165) is 22.4 Å². The molecule has 0 saturated heterocycles. The Morgan fingerprint density at radius 3 is 2.57 bits per heavy atom. The Kier molecular flexibility index (Phi) is 6.53. The molecule has 7 heteroatoms. The van der Waals surface area contributed by atoms with Crippen molar-refractivity contribution in [2.45, 2.75) is 38.8 Å². The molecule has 3 rings (SSSR count). The van der Waals surface area contributed by atoms with Crippen LogP contribution in [0, 0.1) is 6.92 Å². The van der Waals surface area contributed by atoms with Crippen LogP contribution in [0.15, 0.2) is 30.3 Å². The van der Waals surface area contributed by atoms with Gasteiger partial charge < -0.3 is 30.0 Å². The first-order valence-electron chi connectivity index (χ1n) is 9.95. The summed E-state index contributed by atoms with van der Waals surface area (Å²) in [6.45, 7) is 6.84. The third-order valence-corrected chi connectivity index (χ3v) is 5.39. The highest BCUT2D eigenvalue weighted by atomic mass is 16.5. The Balaban J connectivity index is 1.52. The fourth-order valence-corrected chi connectivity index (χ4v) is 3.51. The third kappa shape index (κ3) is 4.52. The Bertz CT molecular complexity index is 926. The molecule has 1 heterocycles. The van der Waals surface area contributed by atoms with Gasteiger partial charge in [-0.25, -0.2) is 0 Å². The number of methoxy groups -OCH3 is 2. The molecule has 162 valence electrons. The lowest BCUT2D eigenvalue weighted by Gasteiger charge is -2.18. The number of rotatable bonds is 9. The minimum absolute atomic E-state index is 0.0165. The van der Waals surface area contributed by atoms with Gasteiger partial charge in [-0.2, -0.15) is 0 Å². The zero-order valence-electron chi connectivity index (χ0n) is 18.2. The molecule has 7 nitrogen and oxygen atoms in total. The molecule has 2 aromatic carbocycles. The topological polar surface area (TPSA) is 89.0 Å². The van der Waals surface area contributed by atoms with E-state index in [2.05, 4.69) is 10.6 Å². The number of carbonyl (C=O) groups excluding carboxylic acids is 1. The van der Waals surface area contributed by atoms with Crippen LogP contribution < -0.4 is 24.8 Å². The predicted octanol–water partition coefficient (Wildman–Crippen LogP) is 2.77. The van der Waals surface area contributed by atoms with Crippen LogP contribution in [0.1, 0.15) is 30.5 Å². The summed E-state index contributed by atoms with van der Waals surface area (Å²) in [4.78, 5) is 12.2. The average molecular weight is 415 g/mol. The van der Waals surface area contributed by atoms with E-state index in [1.165, 1.54) is 0 Å². The van der Waals surface area contributed by atoms with Gasteiger partial charge in [0.25, 0.3) is 0 Å². The van der Waals surface area contributed by atoms with Gasteiger partial charge in [-0.1, -0.05) is 6.07 Å². The second kappa shape index (κ2) is 8.93. The van der Waals surface area contributed by atoms with Crippen molar-refractivity contribution >= 4 is 11.6 Å². The second-order valence-electron chi connectivity index (χ2n) is 8.03. The monoisotopic (exact) mass is 414 g/mol. The molecule has 0 spiro atoms. The molecule has 2 aromatic rings. The first kappa shape index (κ1) is 21.9. The molecule has 0 fully saturated rings. The number of aryl methyl sites for hydroxylation is 1. The number of nitrogens with one attached hydrogen (secondary N) is 2. The number of amides is 1. The molecular formula is C23H30N2O5. The van der Waals surface area contributed by atoms with Gasteiger partial charge in [0.15, 0.2) is 11.5 Å². The molecule has 0 aliphatic carbocycles. The summed E-state index contributed by atoms with van der Waals surface area (Å²) in [5.74, 6) is 1.98. The molecule has 1 aliphatic heterocycles. The van der Waals surface area contributed by atoms with Crippen molar-refractivity contribution in [1.29, 1.82) is 0 Å². The van der Waals surface area contributed by atoms with E-state index >= 15 is 0 Å². The maximum Gasteiger partial charge on any atom is 0.234 e. The summed E-state index contributed by atoms with van der Waals surface area (Å²) < 4.78 is 16.4. The van der Waals surface area contributed by atoms with Gasteiger partial charge in [0.2, 0.25) is 5.91 Å². The molecule has 1 atom stereocenters. The van der Waals surface area contributed by atoms with Gasteiger partial charge in [0.05, 0.1) is 19.6 Å². The van der Waals surface area contributed by atoms with E-state index < -0.39 is 11.5 Å². The van der Waals surface area contributed by atoms with Crippen molar-refractivity contribution in [3.05, 3.63) is 47.0 Å². The Morgan fingerprint density at radius 2 is 1.87 bits per heavy atom. The SMILES string of the molecule is COc1ccc(CNCC(O)COc2cc(C)c3c(c2)C(C)(C)C(=O)N3)cc1OC. The molecule has 30 heavy (non-hydrogen) atoms. The standard InChI is InChI=1S/C23H30N2O5/c1-14-8-17(10-18-21(14)25-22(27)23(18,2)3)30-13-16(26)12-24-11-15-6-7-19(28-4)20(9-15)29-5/h6-10,16,24,26H,11-13H2,1-5H3,(H,25,27). The number of anilines is 1. The molecule has 0 bridgehead atoms. The van der Waals surface area contributed by atoms with Gasteiger partial charge in [-0.3, -0.25) is 4.79 Å². The molecule has 1 aliphatic rings. The second-order valence-corrected chi connectivity index (χ2v) is 8.03. The van der Waals surface area contributed by atoms with Gasteiger partial charge in [0.1, 0.15) is 18.5 Å². The van der Waals surface area contributed by atoms with Crippen molar-refractivity contribution < 1.29 is 24.1 Å². The summed E-state index contributed by atoms with van der Waals surface area (Å²) in [5, 5.41) is 16.4. The lowest BCUT2D eigenvalue weighted by molar-refractivity contribution is -0.119. The van der Waals surface area contributed by atoms with E-state index in [-0.39, 0.29) is 12.5 Å². The van der Waals surface area contributed by atoms with E-state index in [4.69, 9.17) is 14.2 Å². The Morgan fingerprint density at radius 1 is 1.13 bits per heavy atom. The van der Waals surface area contributed by atoms with Crippen molar-refractivity contribution in [1.82, 2.24) is 5.32 Å². The fourth-order valence-electron chi connectivity index (χ4n) is 3.51. The minimum atomic E-state index is -0.675. The Labute approximate surface area is 177 Å². The van der Waals surface area contributed by atoms with E-state index in [1.807, 2.05) is 51.1 Å². The van der Waals surface area contributed by atoms with Crippen LogP contribution in [0.25, 0.3) is 0 Å². The summed E-state index contributed by atoms with van der Waals surface area (Å²) in [6, 6.07) is 9.46. The number of ether oxygens (including phenoxy) is 3. The molecule has 0 radical (unpaired) electrons. The predicted molar refractivity (Wildman–Crippen MR) is 116 cm³/mol. The molecular weight excluding hydrogens is 384 g/mol. The van der Waals surface area contributed by atoms with E-state index in [0.29, 0.717) is 30.3 Å². The summed E-state index contributed by atoms with van der Waals surface area (Å²) >= 11 is 0. The number of hydrogen-bond donors (Lipinski definition) is 3. The third-order valence-electron chi connectivity index (χ3n) is 5.39. The lowest BCUT2D eigenvalue weighted by atomic mass is 9.85. The first-order valence-corrected chi connectivity index (χ1v) is 9.95. The lowest BCUT2D eigenvalue weighted by Crippen LogP contribution is -2.31. The van der Waals surface area contributed by atoms with Gasteiger partial charge in [0, 0.05) is 18.8 Å². The van der Waals surface area contributed by atoms with Crippen molar-refractivity contribution in [3.8, 4) is 17.2 Å². The van der Waals surface area contributed by atoms with Gasteiger partial charge >= 0.3 is 0 Å². The van der Waals surface area contributed by atoms with Crippen LogP contribution in [0.5, 0.6) is 17.2 Å². The van der Waals surface area contributed by atoms with Crippen molar-refractivity contribution in [3.63, 3.8) is 0 Å². The van der Waals surface area contributed by atoms with Crippen LogP contribution in [-0.2, 0) is 16.8 Å². The average Bonchev–Trinajstić information content (AvgIpc) is 2.96. The molecule has 3 N–H and O–H groups in total. The number of aliphatic hydroxyl groups is 1. The maximum absolute atomic E-state index is 12.2. The summed E-state index contributed by atoms with van der Waals surface area (Å²) in [5.41, 5.74) is 3.15.